The van der Waals surface area contributed by atoms with Gasteiger partial charge in [-0.3, -0.25) is 4.79 Å². The molecule has 0 radical (unpaired) electrons. The summed E-state index contributed by atoms with van der Waals surface area (Å²) in [7, 11) is -3.13. The molecular weight excluding hydrogens is 398 g/mol. The number of benzene rings is 2. The van der Waals surface area contributed by atoms with Gasteiger partial charge in [0.1, 0.15) is 0 Å². The van der Waals surface area contributed by atoms with Crippen LogP contribution in [0, 0.1) is 0 Å². The predicted octanol–water partition coefficient (Wildman–Crippen LogP) is 3.07. The molecule has 0 bridgehead atoms. The van der Waals surface area contributed by atoms with Gasteiger partial charge in [0, 0.05) is 48.7 Å². The summed E-state index contributed by atoms with van der Waals surface area (Å²) in [5.74, 6) is -0.218. The maximum absolute atomic E-state index is 12.1. The van der Waals surface area contributed by atoms with Crippen LogP contribution in [0.3, 0.4) is 0 Å². The van der Waals surface area contributed by atoms with E-state index in [4.69, 9.17) is 11.6 Å². The number of amides is 1. The summed E-state index contributed by atoms with van der Waals surface area (Å²) in [5.41, 5.74) is 2.59. The van der Waals surface area contributed by atoms with Gasteiger partial charge in [0.15, 0.2) is 0 Å². The summed E-state index contributed by atoms with van der Waals surface area (Å²) < 4.78 is 24.7. The third-order valence-corrected chi connectivity index (χ3v) is 6.06. The molecule has 0 spiro atoms. The molecule has 0 unspecified atom stereocenters. The number of nitrogens with zero attached hydrogens (tertiary/aromatic N) is 2. The van der Waals surface area contributed by atoms with Gasteiger partial charge in [-0.15, -0.1) is 0 Å². The van der Waals surface area contributed by atoms with Crippen LogP contribution >= 0.6 is 11.6 Å². The fourth-order valence-corrected chi connectivity index (χ4v) is 3.92. The lowest BCUT2D eigenvalue weighted by molar-refractivity contribution is -0.111. The maximum atomic E-state index is 12.1. The lowest BCUT2D eigenvalue weighted by atomic mass is 10.2. The Hall–Kier alpha value is -2.35. The molecule has 1 aliphatic rings. The van der Waals surface area contributed by atoms with Crippen LogP contribution in [0.4, 0.5) is 11.4 Å². The zero-order chi connectivity index (χ0) is 20.1. The molecule has 1 fully saturated rings. The Morgan fingerprint density at radius 3 is 2.18 bits per heavy atom. The number of rotatable bonds is 5. The van der Waals surface area contributed by atoms with E-state index < -0.39 is 10.0 Å². The highest BCUT2D eigenvalue weighted by Gasteiger charge is 2.23. The molecular formula is C20H22ClN3O3S. The minimum absolute atomic E-state index is 0.218. The lowest BCUT2D eigenvalue weighted by Crippen LogP contribution is -2.48. The predicted molar refractivity (Wildman–Crippen MR) is 114 cm³/mol. The average Bonchev–Trinajstić information content (AvgIpc) is 2.68. The standard InChI is InChI=1S/C20H22ClN3O3S/c1-28(26,27)24-14-12-23(13-15-24)19-9-7-18(8-10-19)22-20(25)11-4-16-2-5-17(21)6-3-16/h2-11H,12-15H2,1H3,(H,22,25). The van der Waals surface area contributed by atoms with Gasteiger partial charge in [-0.05, 0) is 48.0 Å². The number of anilines is 2. The van der Waals surface area contributed by atoms with Crippen LogP contribution in [-0.2, 0) is 14.8 Å². The molecule has 0 aromatic heterocycles. The zero-order valence-electron chi connectivity index (χ0n) is 15.5. The first-order valence-corrected chi connectivity index (χ1v) is 11.1. The Morgan fingerprint density at radius 1 is 1.00 bits per heavy atom. The molecule has 3 rings (SSSR count). The molecule has 1 aliphatic heterocycles. The highest BCUT2D eigenvalue weighted by Crippen LogP contribution is 2.20. The SMILES string of the molecule is CS(=O)(=O)N1CCN(c2ccc(NC(=O)C=Cc3ccc(Cl)cc3)cc2)CC1. The van der Waals surface area contributed by atoms with Crippen LogP contribution in [-0.4, -0.2) is 51.1 Å². The van der Waals surface area contributed by atoms with Crippen molar-refractivity contribution in [2.45, 2.75) is 0 Å². The number of hydrogen-bond donors (Lipinski definition) is 1. The van der Waals surface area contributed by atoms with Crippen molar-refractivity contribution >= 4 is 45.0 Å². The van der Waals surface area contributed by atoms with E-state index >= 15 is 0 Å². The van der Waals surface area contributed by atoms with E-state index in [1.54, 1.807) is 18.2 Å². The number of hydrogen-bond acceptors (Lipinski definition) is 4. The molecule has 1 N–H and O–H groups in total. The molecule has 2 aromatic rings. The van der Waals surface area contributed by atoms with Gasteiger partial charge in [-0.1, -0.05) is 23.7 Å². The molecule has 6 nitrogen and oxygen atoms in total. The average molecular weight is 420 g/mol. The number of nitrogens with one attached hydrogen (secondary N) is 1. The fraction of sp³-hybridized carbons (Fsp3) is 0.250. The first-order valence-electron chi connectivity index (χ1n) is 8.86. The second-order valence-electron chi connectivity index (χ2n) is 6.57. The fourth-order valence-electron chi connectivity index (χ4n) is 2.96. The van der Waals surface area contributed by atoms with Crippen molar-refractivity contribution in [3.63, 3.8) is 0 Å². The summed E-state index contributed by atoms with van der Waals surface area (Å²) >= 11 is 5.84. The third kappa shape index (κ3) is 5.58. The van der Waals surface area contributed by atoms with Crippen molar-refractivity contribution in [1.29, 1.82) is 0 Å². The van der Waals surface area contributed by atoms with Gasteiger partial charge in [0.05, 0.1) is 6.26 Å². The topological polar surface area (TPSA) is 69.7 Å². The van der Waals surface area contributed by atoms with Crippen molar-refractivity contribution < 1.29 is 13.2 Å². The van der Waals surface area contributed by atoms with Crippen molar-refractivity contribution in [2.24, 2.45) is 0 Å². The Kier molecular flexibility index (Phi) is 6.39. The molecule has 1 saturated heterocycles. The molecule has 0 atom stereocenters. The van der Waals surface area contributed by atoms with Gasteiger partial charge in [0.25, 0.3) is 0 Å². The first kappa shape index (κ1) is 20.4. The highest BCUT2D eigenvalue weighted by atomic mass is 35.5. The van der Waals surface area contributed by atoms with Gasteiger partial charge in [-0.2, -0.15) is 4.31 Å². The van der Waals surface area contributed by atoms with Crippen LogP contribution in [0.5, 0.6) is 0 Å². The second-order valence-corrected chi connectivity index (χ2v) is 8.99. The summed E-state index contributed by atoms with van der Waals surface area (Å²) in [4.78, 5) is 14.2. The van der Waals surface area contributed by atoms with Crippen molar-refractivity contribution in [3.05, 3.63) is 65.2 Å². The summed E-state index contributed by atoms with van der Waals surface area (Å²) in [6, 6.07) is 14.7. The van der Waals surface area contributed by atoms with E-state index in [-0.39, 0.29) is 5.91 Å². The van der Waals surface area contributed by atoms with E-state index in [0.29, 0.717) is 36.9 Å². The number of carbonyl (C=O) groups excluding carboxylic acids is 1. The van der Waals surface area contributed by atoms with Crippen LogP contribution < -0.4 is 10.2 Å². The molecule has 28 heavy (non-hydrogen) atoms. The Bertz CT molecular complexity index is 949. The summed E-state index contributed by atoms with van der Waals surface area (Å²) in [5, 5.41) is 3.48. The smallest absolute Gasteiger partial charge is 0.248 e. The Labute approximate surface area is 170 Å². The van der Waals surface area contributed by atoms with Crippen molar-refractivity contribution in [3.8, 4) is 0 Å². The molecule has 148 valence electrons. The second kappa shape index (κ2) is 8.77. The van der Waals surface area contributed by atoms with Gasteiger partial charge >= 0.3 is 0 Å². The molecule has 0 saturated carbocycles. The van der Waals surface area contributed by atoms with Crippen LogP contribution in [0.1, 0.15) is 5.56 Å². The van der Waals surface area contributed by atoms with Gasteiger partial charge in [0.2, 0.25) is 15.9 Å². The minimum Gasteiger partial charge on any atom is -0.369 e. The zero-order valence-corrected chi connectivity index (χ0v) is 17.1. The Balaban J connectivity index is 1.54. The van der Waals surface area contributed by atoms with E-state index in [1.165, 1.54) is 16.6 Å². The van der Waals surface area contributed by atoms with E-state index in [0.717, 1.165) is 11.3 Å². The van der Waals surface area contributed by atoms with Gasteiger partial charge in [-0.25, -0.2) is 8.42 Å². The molecule has 8 heteroatoms. The van der Waals surface area contributed by atoms with E-state index in [2.05, 4.69) is 10.2 Å². The number of carbonyl (C=O) groups is 1. The first-order chi connectivity index (χ1) is 13.3. The normalized spacial score (nSPS) is 15.7. The van der Waals surface area contributed by atoms with Crippen LogP contribution in [0.25, 0.3) is 6.08 Å². The van der Waals surface area contributed by atoms with E-state index in [1.807, 2.05) is 36.4 Å². The lowest BCUT2D eigenvalue weighted by Gasteiger charge is -2.34. The van der Waals surface area contributed by atoms with Crippen molar-refractivity contribution in [1.82, 2.24) is 4.31 Å². The van der Waals surface area contributed by atoms with E-state index in [9.17, 15) is 13.2 Å². The summed E-state index contributed by atoms with van der Waals surface area (Å²) in [6.07, 6.45) is 4.43. The summed E-state index contributed by atoms with van der Waals surface area (Å²) in [6.45, 7) is 2.24. The highest BCUT2D eigenvalue weighted by molar-refractivity contribution is 7.88. The number of sulfonamides is 1. The number of piperazine rings is 1. The third-order valence-electron chi connectivity index (χ3n) is 4.50. The molecule has 1 heterocycles. The van der Waals surface area contributed by atoms with Crippen LogP contribution in [0.15, 0.2) is 54.6 Å². The van der Waals surface area contributed by atoms with Crippen molar-refractivity contribution in [2.75, 3.05) is 42.7 Å². The molecule has 2 aromatic carbocycles. The molecule has 0 aliphatic carbocycles. The Morgan fingerprint density at radius 2 is 1.61 bits per heavy atom. The number of halogens is 1. The molecule has 1 amide bonds. The van der Waals surface area contributed by atoms with Gasteiger partial charge < -0.3 is 10.2 Å². The monoisotopic (exact) mass is 419 g/mol. The minimum atomic E-state index is -3.13. The quantitative estimate of drug-likeness (QED) is 0.756. The largest absolute Gasteiger partial charge is 0.369 e. The van der Waals surface area contributed by atoms with Crippen LogP contribution in [0.2, 0.25) is 5.02 Å². The maximum Gasteiger partial charge on any atom is 0.248 e.